The molecule has 1 aromatic carbocycles. The molecule has 2 N–H and O–H groups in total. The summed E-state index contributed by atoms with van der Waals surface area (Å²) in [6, 6.07) is 9.49. The molecule has 5 heteroatoms. The van der Waals surface area contributed by atoms with Gasteiger partial charge < -0.3 is 15.4 Å². The van der Waals surface area contributed by atoms with Crippen molar-refractivity contribution in [3.8, 4) is 0 Å². The van der Waals surface area contributed by atoms with Gasteiger partial charge in [0.25, 0.3) is 0 Å². The quantitative estimate of drug-likeness (QED) is 0.743. The number of esters is 1. The zero-order chi connectivity index (χ0) is 15.9. The van der Waals surface area contributed by atoms with E-state index in [0.29, 0.717) is 6.42 Å². The van der Waals surface area contributed by atoms with Crippen molar-refractivity contribution in [2.75, 3.05) is 13.6 Å². The fourth-order valence-electron chi connectivity index (χ4n) is 2.02. The first-order valence-corrected chi connectivity index (χ1v) is 7.02. The molecule has 0 saturated heterocycles. The lowest BCUT2D eigenvalue weighted by Gasteiger charge is -2.26. The van der Waals surface area contributed by atoms with Crippen molar-refractivity contribution in [1.82, 2.24) is 10.6 Å². The van der Waals surface area contributed by atoms with E-state index in [-0.39, 0.29) is 24.5 Å². The van der Waals surface area contributed by atoms with Gasteiger partial charge in [0.15, 0.2) is 0 Å². The molecule has 0 spiro atoms. The highest BCUT2D eigenvalue weighted by Gasteiger charge is 2.24. The standard InChI is InChI=1S/C16H24N2O3/c1-12(19)21-16(2,3)11-18-15(20)14(17-4)10-13-8-6-5-7-9-13/h5-9,14,17H,10-11H2,1-4H3,(H,18,20)/t14-/m1/s1. The summed E-state index contributed by atoms with van der Waals surface area (Å²) >= 11 is 0. The molecule has 1 aromatic rings. The van der Waals surface area contributed by atoms with E-state index in [2.05, 4.69) is 10.6 Å². The number of amides is 1. The molecular formula is C16H24N2O3. The Balaban J connectivity index is 2.54. The monoisotopic (exact) mass is 292 g/mol. The average Bonchev–Trinajstić information content (AvgIpc) is 2.42. The zero-order valence-corrected chi connectivity index (χ0v) is 13.1. The highest BCUT2D eigenvalue weighted by Crippen LogP contribution is 2.08. The van der Waals surface area contributed by atoms with Crippen LogP contribution in [0.2, 0.25) is 0 Å². The number of carbonyl (C=O) groups is 2. The summed E-state index contributed by atoms with van der Waals surface area (Å²) in [4.78, 5) is 23.2. The number of rotatable bonds is 7. The lowest BCUT2D eigenvalue weighted by Crippen LogP contribution is -2.49. The summed E-state index contributed by atoms with van der Waals surface area (Å²) in [6.45, 7) is 5.16. The Kier molecular flexibility index (Phi) is 6.37. The molecule has 0 aromatic heterocycles. The number of ether oxygens (including phenoxy) is 1. The highest BCUT2D eigenvalue weighted by molar-refractivity contribution is 5.82. The van der Waals surface area contributed by atoms with Crippen LogP contribution in [0, 0.1) is 0 Å². The molecule has 1 atom stereocenters. The van der Waals surface area contributed by atoms with Gasteiger partial charge in [-0.05, 0) is 32.9 Å². The third-order valence-corrected chi connectivity index (χ3v) is 3.06. The van der Waals surface area contributed by atoms with Crippen LogP contribution in [0.5, 0.6) is 0 Å². The van der Waals surface area contributed by atoms with E-state index in [1.165, 1.54) is 6.92 Å². The second-order valence-corrected chi connectivity index (χ2v) is 5.60. The summed E-state index contributed by atoms with van der Waals surface area (Å²) in [5, 5.41) is 5.83. The Morgan fingerprint density at radius 1 is 1.24 bits per heavy atom. The van der Waals surface area contributed by atoms with Gasteiger partial charge in [0, 0.05) is 6.92 Å². The molecular weight excluding hydrogens is 268 g/mol. The smallest absolute Gasteiger partial charge is 0.303 e. The van der Waals surface area contributed by atoms with Crippen molar-refractivity contribution < 1.29 is 14.3 Å². The molecule has 0 saturated carbocycles. The van der Waals surface area contributed by atoms with Crippen LogP contribution < -0.4 is 10.6 Å². The van der Waals surface area contributed by atoms with Gasteiger partial charge >= 0.3 is 5.97 Å². The number of likely N-dealkylation sites (N-methyl/N-ethyl adjacent to an activating group) is 1. The van der Waals surface area contributed by atoms with Gasteiger partial charge in [-0.3, -0.25) is 9.59 Å². The van der Waals surface area contributed by atoms with Crippen molar-refractivity contribution in [3.05, 3.63) is 35.9 Å². The molecule has 1 rings (SSSR count). The Labute approximate surface area is 126 Å². The lowest BCUT2D eigenvalue weighted by molar-refractivity contribution is -0.154. The summed E-state index contributed by atoms with van der Waals surface area (Å²) < 4.78 is 5.15. The van der Waals surface area contributed by atoms with Crippen molar-refractivity contribution in [3.63, 3.8) is 0 Å². The van der Waals surface area contributed by atoms with Gasteiger partial charge in [0.1, 0.15) is 5.60 Å². The molecule has 0 unspecified atom stereocenters. The number of benzene rings is 1. The number of hydrogen-bond donors (Lipinski definition) is 2. The van der Waals surface area contributed by atoms with E-state index < -0.39 is 5.60 Å². The van der Waals surface area contributed by atoms with Crippen LogP contribution in [0.25, 0.3) is 0 Å². The molecule has 21 heavy (non-hydrogen) atoms. The third kappa shape index (κ3) is 6.40. The van der Waals surface area contributed by atoms with Gasteiger partial charge in [0.05, 0.1) is 12.6 Å². The molecule has 0 fully saturated rings. The average molecular weight is 292 g/mol. The maximum atomic E-state index is 12.2. The number of hydrogen-bond acceptors (Lipinski definition) is 4. The molecule has 0 radical (unpaired) electrons. The molecule has 1 amide bonds. The Morgan fingerprint density at radius 3 is 2.38 bits per heavy atom. The lowest BCUT2D eigenvalue weighted by atomic mass is 10.0. The zero-order valence-electron chi connectivity index (χ0n) is 13.1. The molecule has 0 aliphatic carbocycles. The Morgan fingerprint density at radius 2 is 1.86 bits per heavy atom. The largest absolute Gasteiger partial charge is 0.458 e. The van der Waals surface area contributed by atoms with Crippen LogP contribution in [0.15, 0.2) is 30.3 Å². The van der Waals surface area contributed by atoms with Crippen LogP contribution in [0.3, 0.4) is 0 Å². The summed E-state index contributed by atoms with van der Waals surface area (Å²) in [5.74, 6) is -0.467. The maximum Gasteiger partial charge on any atom is 0.303 e. The molecule has 116 valence electrons. The van der Waals surface area contributed by atoms with Crippen molar-refractivity contribution in [2.24, 2.45) is 0 Å². The summed E-state index contributed by atoms with van der Waals surface area (Å²) in [7, 11) is 1.75. The first-order chi connectivity index (χ1) is 9.84. The maximum absolute atomic E-state index is 12.2. The fourth-order valence-corrected chi connectivity index (χ4v) is 2.02. The van der Waals surface area contributed by atoms with Gasteiger partial charge in [0.2, 0.25) is 5.91 Å². The minimum Gasteiger partial charge on any atom is -0.458 e. The van der Waals surface area contributed by atoms with E-state index in [4.69, 9.17) is 4.74 Å². The van der Waals surface area contributed by atoms with E-state index in [1.54, 1.807) is 20.9 Å². The second-order valence-electron chi connectivity index (χ2n) is 5.60. The minimum atomic E-state index is -0.716. The third-order valence-electron chi connectivity index (χ3n) is 3.06. The van der Waals surface area contributed by atoms with Crippen LogP contribution >= 0.6 is 0 Å². The molecule has 5 nitrogen and oxygen atoms in total. The summed E-state index contributed by atoms with van der Waals surface area (Å²) in [6.07, 6.45) is 0.608. The first kappa shape index (κ1) is 17.2. The summed E-state index contributed by atoms with van der Waals surface area (Å²) in [5.41, 5.74) is 0.373. The van der Waals surface area contributed by atoms with E-state index in [0.717, 1.165) is 5.56 Å². The van der Waals surface area contributed by atoms with Crippen LogP contribution in [0.4, 0.5) is 0 Å². The second kappa shape index (κ2) is 7.78. The van der Waals surface area contributed by atoms with Gasteiger partial charge in [-0.1, -0.05) is 30.3 Å². The van der Waals surface area contributed by atoms with Crippen LogP contribution in [-0.2, 0) is 20.7 Å². The van der Waals surface area contributed by atoms with Gasteiger partial charge in [-0.2, -0.15) is 0 Å². The minimum absolute atomic E-state index is 0.110. The van der Waals surface area contributed by atoms with E-state index in [1.807, 2.05) is 30.3 Å². The van der Waals surface area contributed by atoms with Crippen molar-refractivity contribution >= 4 is 11.9 Å². The van der Waals surface area contributed by atoms with Gasteiger partial charge in [-0.15, -0.1) is 0 Å². The van der Waals surface area contributed by atoms with Crippen molar-refractivity contribution in [2.45, 2.75) is 38.8 Å². The predicted octanol–water partition coefficient (Wildman–Crippen LogP) is 1.27. The van der Waals surface area contributed by atoms with Crippen molar-refractivity contribution in [1.29, 1.82) is 0 Å². The topological polar surface area (TPSA) is 67.4 Å². The normalized spacial score (nSPS) is 12.6. The Hall–Kier alpha value is -1.88. The molecule has 0 bridgehead atoms. The fraction of sp³-hybridized carbons (Fsp3) is 0.500. The van der Waals surface area contributed by atoms with Crippen LogP contribution in [-0.4, -0.2) is 37.1 Å². The SMILES string of the molecule is CN[C@H](Cc1ccccc1)C(=O)NCC(C)(C)OC(C)=O. The number of carbonyl (C=O) groups excluding carboxylic acids is 2. The van der Waals surface area contributed by atoms with E-state index in [9.17, 15) is 9.59 Å². The first-order valence-electron chi connectivity index (χ1n) is 7.02. The van der Waals surface area contributed by atoms with Gasteiger partial charge in [-0.25, -0.2) is 0 Å². The molecule has 0 aliphatic rings. The molecule has 0 heterocycles. The predicted molar refractivity (Wildman–Crippen MR) is 81.8 cm³/mol. The van der Waals surface area contributed by atoms with Crippen LogP contribution in [0.1, 0.15) is 26.3 Å². The molecule has 0 aliphatic heterocycles. The van der Waals surface area contributed by atoms with E-state index >= 15 is 0 Å². The number of nitrogens with one attached hydrogen (secondary N) is 2. The highest BCUT2D eigenvalue weighted by atomic mass is 16.6. The Bertz CT molecular complexity index is 472.